The van der Waals surface area contributed by atoms with Crippen molar-refractivity contribution >= 4 is 17.6 Å². The van der Waals surface area contributed by atoms with Gasteiger partial charge < -0.3 is 10.4 Å². The fourth-order valence-corrected chi connectivity index (χ4v) is 1.84. The summed E-state index contributed by atoms with van der Waals surface area (Å²) in [5.74, 6) is -3.98. The standard InChI is InChI=1S/C11H8N2O3/c12-5-7(11(15)16)9-6-3-1-2-4-8(6)13-10(9)14/h1-4,7,9H,(H,13,14)(H,15,16)/t7-,9-/m1/s1. The van der Waals surface area contributed by atoms with Crippen LogP contribution < -0.4 is 5.32 Å². The van der Waals surface area contributed by atoms with Crippen LogP contribution in [0.5, 0.6) is 0 Å². The first-order valence-corrected chi connectivity index (χ1v) is 4.67. The molecule has 1 aliphatic heterocycles. The fraction of sp³-hybridized carbons (Fsp3) is 0.182. The third-order valence-electron chi connectivity index (χ3n) is 2.57. The van der Waals surface area contributed by atoms with E-state index >= 15 is 0 Å². The van der Waals surface area contributed by atoms with Gasteiger partial charge >= 0.3 is 5.97 Å². The summed E-state index contributed by atoms with van der Waals surface area (Å²) < 4.78 is 0. The summed E-state index contributed by atoms with van der Waals surface area (Å²) in [5.41, 5.74) is 1.15. The Morgan fingerprint density at radius 3 is 2.81 bits per heavy atom. The van der Waals surface area contributed by atoms with E-state index in [0.29, 0.717) is 11.3 Å². The number of nitrogens with one attached hydrogen (secondary N) is 1. The number of carbonyl (C=O) groups is 2. The molecule has 5 heteroatoms. The number of anilines is 1. The molecule has 2 atom stereocenters. The van der Waals surface area contributed by atoms with E-state index in [1.807, 2.05) is 0 Å². The second-order valence-corrected chi connectivity index (χ2v) is 3.50. The van der Waals surface area contributed by atoms with E-state index in [9.17, 15) is 9.59 Å². The number of carboxylic acid groups (broad SMARTS) is 1. The molecule has 0 bridgehead atoms. The highest BCUT2D eigenvalue weighted by Gasteiger charge is 2.40. The summed E-state index contributed by atoms with van der Waals surface area (Å²) in [6.45, 7) is 0. The highest BCUT2D eigenvalue weighted by Crippen LogP contribution is 2.36. The minimum absolute atomic E-state index is 0.435. The minimum atomic E-state index is -1.34. The van der Waals surface area contributed by atoms with Gasteiger partial charge in [-0.15, -0.1) is 0 Å². The zero-order valence-electron chi connectivity index (χ0n) is 8.18. The van der Waals surface area contributed by atoms with E-state index in [-0.39, 0.29) is 0 Å². The third-order valence-corrected chi connectivity index (χ3v) is 2.57. The number of rotatable bonds is 2. The van der Waals surface area contributed by atoms with Crippen LogP contribution in [-0.2, 0) is 9.59 Å². The lowest BCUT2D eigenvalue weighted by Gasteiger charge is -2.10. The van der Waals surface area contributed by atoms with Crippen molar-refractivity contribution in [2.24, 2.45) is 5.92 Å². The number of carboxylic acids is 1. The second-order valence-electron chi connectivity index (χ2n) is 3.50. The summed E-state index contributed by atoms with van der Waals surface area (Å²) in [5, 5.41) is 20.2. The molecule has 0 spiro atoms. The number of benzene rings is 1. The van der Waals surface area contributed by atoms with E-state index in [4.69, 9.17) is 10.4 Å². The van der Waals surface area contributed by atoms with Crippen LogP contribution in [0.3, 0.4) is 0 Å². The average molecular weight is 216 g/mol. The Bertz CT molecular complexity index is 504. The molecule has 1 aromatic rings. The number of carbonyl (C=O) groups excluding carboxylic acids is 1. The monoisotopic (exact) mass is 216 g/mol. The Kier molecular flexibility index (Phi) is 2.33. The van der Waals surface area contributed by atoms with Crippen molar-refractivity contribution in [3.05, 3.63) is 29.8 Å². The summed E-state index contributed by atoms with van der Waals surface area (Å²) in [6, 6.07) is 8.45. The first-order chi connectivity index (χ1) is 7.65. The van der Waals surface area contributed by atoms with Crippen molar-refractivity contribution < 1.29 is 14.7 Å². The summed E-state index contributed by atoms with van der Waals surface area (Å²) in [4.78, 5) is 22.5. The van der Waals surface area contributed by atoms with Crippen molar-refractivity contribution in [2.45, 2.75) is 5.92 Å². The molecule has 0 fully saturated rings. The van der Waals surface area contributed by atoms with Crippen molar-refractivity contribution in [2.75, 3.05) is 5.32 Å². The van der Waals surface area contributed by atoms with Gasteiger partial charge in [-0.25, -0.2) is 0 Å². The van der Waals surface area contributed by atoms with E-state index in [1.54, 1.807) is 30.3 Å². The number of nitrogens with zero attached hydrogens (tertiary/aromatic N) is 1. The maximum atomic E-state index is 11.6. The first kappa shape index (κ1) is 10.2. The molecule has 0 unspecified atom stereocenters. The molecule has 2 rings (SSSR count). The van der Waals surface area contributed by atoms with Gasteiger partial charge in [0, 0.05) is 5.69 Å². The van der Waals surface area contributed by atoms with Gasteiger partial charge in [-0.1, -0.05) is 18.2 Å². The van der Waals surface area contributed by atoms with Gasteiger partial charge in [0.2, 0.25) is 5.91 Å². The van der Waals surface area contributed by atoms with E-state index < -0.39 is 23.7 Å². The lowest BCUT2D eigenvalue weighted by atomic mass is 9.88. The predicted molar refractivity (Wildman–Crippen MR) is 54.6 cm³/mol. The fourth-order valence-electron chi connectivity index (χ4n) is 1.84. The van der Waals surface area contributed by atoms with Crippen LogP contribution in [0, 0.1) is 17.2 Å². The highest BCUT2D eigenvalue weighted by molar-refractivity contribution is 6.05. The van der Waals surface area contributed by atoms with Gasteiger partial charge in [-0.05, 0) is 11.6 Å². The van der Waals surface area contributed by atoms with Crippen LogP contribution >= 0.6 is 0 Å². The van der Waals surface area contributed by atoms with Gasteiger partial charge in [0.05, 0.1) is 12.0 Å². The third kappa shape index (κ3) is 1.41. The van der Waals surface area contributed by atoms with Crippen LogP contribution in [0.15, 0.2) is 24.3 Å². The maximum absolute atomic E-state index is 11.6. The molecule has 0 radical (unpaired) electrons. The zero-order valence-corrected chi connectivity index (χ0v) is 8.18. The molecule has 80 valence electrons. The predicted octanol–water partition coefficient (Wildman–Crippen LogP) is 0.947. The van der Waals surface area contributed by atoms with Crippen LogP contribution in [0.1, 0.15) is 11.5 Å². The van der Waals surface area contributed by atoms with Crippen molar-refractivity contribution in [3.63, 3.8) is 0 Å². The van der Waals surface area contributed by atoms with Crippen LogP contribution in [0.2, 0.25) is 0 Å². The molecule has 1 aromatic carbocycles. The Labute approximate surface area is 91.3 Å². The smallest absolute Gasteiger partial charge is 0.322 e. The molecule has 1 heterocycles. The normalized spacial score (nSPS) is 19.4. The molecule has 0 saturated heterocycles. The number of amides is 1. The maximum Gasteiger partial charge on any atom is 0.322 e. The van der Waals surface area contributed by atoms with Crippen molar-refractivity contribution in [1.82, 2.24) is 0 Å². The number of fused-ring (bicyclic) bond motifs is 1. The number of hydrogen-bond donors (Lipinski definition) is 2. The molecule has 0 aromatic heterocycles. The summed E-state index contributed by atoms with van der Waals surface area (Å²) in [7, 11) is 0. The Morgan fingerprint density at radius 2 is 2.19 bits per heavy atom. The van der Waals surface area contributed by atoms with Crippen LogP contribution in [0.4, 0.5) is 5.69 Å². The van der Waals surface area contributed by atoms with Crippen molar-refractivity contribution in [1.29, 1.82) is 5.26 Å². The zero-order chi connectivity index (χ0) is 11.7. The Hall–Kier alpha value is -2.35. The minimum Gasteiger partial charge on any atom is -0.480 e. The Morgan fingerprint density at radius 1 is 1.50 bits per heavy atom. The number of aliphatic carboxylic acids is 1. The van der Waals surface area contributed by atoms with Gasteiger partial charge in [0.1, 0.15) is 0 Å². The van der Waals surface area contributed by atoms with Crippen molar-refractivity contribution in [3.8, 4) is 6.07 Å². The topological polar surface area (TPSA) is 90.2 Å². The number of para-hydroxylation sites is 1. The summed E-state index contributed by atoms with van der Waals surface area (Å²) >= 11 is 0. The Balaban J connectivity index is 2.47. The number of hydrogen-bond acceptors (Lipinski definition) is 3. The number of nitriles is 1. The first-order valence-electron chi connectivity index (χ1n) is 4.67. The van der Waals surface area contributed by atoms with E-state index in [0.717, 1.165) is 0 Å². The van der Waals surface area contributed by atoms with Crippen LogP contribution in [0.25, 0.3) is 0 Å². The quantitative estimate of drug-likeness (QED) is 0.769. The van der Waals surface area contributed by atoms with E-state index in [1.165, 1.54) is 0 Å². The largest absolute Gasteiger partial charge is 0.480 e. The van der Waals surface area contributed by atoms with Gasteiger partial charge in [0.15, 0.2) is 5.92 Å². The summed E-state index contributed by atoms with van der Waals surface area (Å²) in [6.07, 6.45) is 0. The molecule has 5 nitrogen and oxygen atoms in total. The highest BCUT2D eigenvalue weighted by atomic mass is 16.4. The van der Waals surface area contributed by atoms with Gasteiger partial charge in [-0.2, -0.15) is 5.26 Å². The molecule has 1 aliphatic rings. The second kappa shape index (κ2) is 3.66. The van der Waals surface area contributed by atoms with Gasteiger partial charge in [-0.3, -0.25) is 9.59 Å². The lowest BCUT2D eigenvalue weighted by molar-refractivity contribution is -0.142. The van der Waals surface area contributed by atoms with E-state index in [2.05, 4.69) is 5.32 Å². The average Bonchev–Trinajstić information content (AvgIpc) is 2.57. The molecule has 2 N–H and O–H groups in total. The molecule has 0 aliphatic carbocycles. The molecular weight excluding hydrogens is 208 g/mol. The lowest BCUT2D eigenvalue weighted by Crippen LogP contribution is -2.26. The molecule has 1 amide bonds. The molecule has 0 saturated carbocycles. The molecule has 16 heavy (non-hydrogen) atoms. The SMILES string of the molecule is N#C[C@@H](C(=O)O)[C@@H]1C(=O)Nc2ccccc21. The molecular formula is C11H8N2O3. The van der Waals surface area contributed by atoms with Gasteiger partial charge in [0.25, 0.3) is 0 Å². The van der Waals surface area contributed by atoms with Crippen LogP contribution in [-0.4, -0.2) is 17.0 Å².